The fraction of sp³-hybridized carbons (Fsp3) is 0.0625. The number of hydrogen-bond acceptors (Lipinski definition) is 3. The Labute approximate surface area is 135 Å². The van der Waals surface area contributed by atoms with E-state index in [0.29, 0.717) is 26.6 Å². The number of rotatable bonds is 3. The van der Waals surface area contributed by atoms with Crippen LogP contribution in [0.2, 0.25) is 10.0 Å². The van der Waals surface area contributed by atoms with Crippen LogP contribution < -0.4 is 5.56 Å². The molecule has 0 aliphatic rings. The minimum Gasteiger partial charge on any atom is -0.319 e. The number of nitrogens with zero attached hydrogens (tertiary/aromatic N) is 1. The van der Waals surface area contributed by atoms with Gasteiger partial charge in [0.2, 0.25) is 0 Å². The summed E-state index contributed by atoms with van der Waals surface area (Å²) in [5, 5.41) is 0.675. The van der Waals surface area contributed by atoms with E-state index in [1.54, 1.807) is 30.3 Å². The van der Waals surface area contributed by atoms with Crippen molar-refractivity contribution in [2.45, 2.75) is 6.42 Å². The number of carbonyl (C=O) groups excluding carboxylic acids is 1. The summed E-state index contributed by atoms with van der Waals surface area (Å²) in [4.78, 5) is 31.1. The van der Waals surface area contributed by atoms with E-state index in [1.165, 1.54) is 6.07 Å². The fourth-order valence-electron chi connectivity index (χ4n) is 2.12. The van der Waals surface area contributed by atoms with Crippen molar-refractivity contribution in [3.63, 3.8) is 0 Å². The van der Waals surface area contributed by atoms with Crippen LogP contribution in [0.1, 0.15) is 16.1 Å². The van der Waals surface area contributed by atoms with Crippen LogP contribution in [0.5, 0.6) is 0 Å². The SMILES string of the molecule is O=C(Cc1nc2cc(Cl)c(Cl)cc2[nH]c1=O)c1ccccc1. The molecule has 6 heteroatoms. The van der Waals surface area contributed by atoms with Crippen molar-refractivity contribution < 1.29 is 4.79 Å². The molecule has 4 nitrogen and oxygen atoms in total. The van der Waals surface area contributed by atoms with E-state index in [-0.39, 0.29) is 17.9 Å². The zero-order valence-electron chi connectivity index (χ0n) is 11.3. The second-order valence-electron chi connectivity index (χ2n) is 4.76. The van der Waals surface area contributed by atoms with E-state index in [4.69, 9.17) is 23.2 Å². The van der Waals surface area contributed by atoms with E-state index in [2.05, 4.69) is 9.97 Å². The van der Waals surface area contributed by atoms with Gasteiger partial charge in [-0.1, -0.05) is 53.5 Å². The molecule has 1 aromatic heterocycles. The van der Waals surface area contributed by atoms with Crippen LogP contribution in [0.25, 0.3) is 11.0 Å². The molecule has 1 N–H and O–H groups in total. The van der Waals surface area contributed by atoms with Crippen molar-refractivity contribution in [3.05, 3.63) is 74.1 Å². The molecule has 0 spiro atoms. The molecule has 110 valence electrons. The van der Waals surface area contributed by atoms with Crippen LogP contribution >= 0.6 is 23.2 Å². The number of halogens is 2. The molecule has 1 heterocycles. The zero-order valence-corrected chi connectivity index (χ0v) is 12.8. The first-order chi connectivity index (χ1) is 10.5. The van der Waals surface area contributed by atoms with Crippen molar-refractivity contribution in [1.29, 1.82) is 0 Å². The number of ketones is 1. The highest BCUT2D eigenvalue weighted by Crippen LogP contribution is 2.25. The van der Waals surface area contributed by atoms with Gasteiger partial charge in [-0.2, -0.15) is 0 Å². The number of H-pyrrole nitrogens is 1. The lowest BCUT2D eigenvalue weighted by Crippen LogP contribution is -2.19. The van der Waals surface area contributed by atoms with Gasteiger partial charge in [0.05, 0.1) is 27.5 Å². The number of hydrogen-bond donors (Lipinski definition) is 1. The molecule has 0 aliphatic carbocycles. The highest BCUT2D eigenvalue weighted by atomic mass is 35.5. The number of aromatic amines is 1. The summed E-state index contributed by atoms with van der Waals surface area (Å²) < 4.78 is 0. The number of nitrogens with one attached hydrogen (secondary N) is 1. The number of fused-ring (bicyclic) bond motifs is 1. The maximum Gasteiger partial charge on any atom is 0.270 e. The normalized spacial score (nSPS) is 10.8. The maximum atomic E-state index is 12.2. The van der Waals surface area contributed by atoms with Crippen LogP contribution in [-0.4, -0.2) is 15.8 Å². The van der Waals surface area contributed by atoms with Gasteiger partial charge in [0, 0.05) is 5.56 Å². The third-order valence-corrected chi connectivity index (χ3v) is 3.95. The number of aromatic nitrogens is 2. The second-order valence-corrected chi connectivity index (χ2v) is 5.58. The van der Waals surface area contributed by atoms with E-state index >= 15 is 0 Å². The summed E-state index contributed by atoms with van der Waals surface area (Å²) in [5.74, 6) is -0.169. The standard InChI is InChI=1S/C16H10Cl2N2O2/c17-10-6-12-13(7-11(10)18)20-16(22)14(19-12)8-15(21)9-4-2-1-3-5-9/h1-7H,8H2,(H,20,22). The van der Waals surface area contributed by atoms with Gasteiger partial charge in [-0.15, -0.1) is 0 Å². The van der Waals surface area contributed by atoms with Gasteiger partial charge in [-0.05, 0) is 12.1 Å². The molecule has 0 saturated heterocycles. The largest absolute Gasteiger partial charge is 0.319 e. The van der Waals surface area contributed by atoms with Crippen molar-refractivity contribution in [3.8, 4) is 0 Å². The van der Waals surface area contributed by atoms with Crippen LogP contribution in [0.3, 0.4) is 0 Å². The average Bonchev–Trinajstić information content (AvgIpc) is 2.51. The Morgan fingerprint density at radius 3 is 2.50 bits per heavy atom. The molecule has 0 bridgehead atoms. The Kier molecular flexibility index (Phi) is 3.96. The Balaban J connectivity index is 2.01. The molecule has 0 radical (unpaired) electrons. The van der Waals surface area contributed by atoms with Gasteiger partial charge in [-0.3, -0.25) is 9.59 Å². The first kappa shape index (κ1) is 14.8. The summed E-state index contributed by atoms with van der Waals surface area (Å²) in [6.07, 6.45) is -0.0739. The smallest absolute Gasteiger partial charge is 0.270 e. The lowest BCUT2D eigenvalue weighted by molar-refractivity contribution is 0.0991. The maximum absolute atomic E-state index is 12.2. The lowest BCUT2D eigenvalue weighted by atomic mass is 10.1. The molecule has 2 aromatic carbocycles. The van der Waals surface area contributed by atoms with Crippen molar-refractivity contribution in [2.24, 2.45) is 0 Å². The molecule has 0 atom stereocenters. The summed E-state index contributed by atoms with van der Waals surface area (Å²) in [6, 6.07) is 11.9. The van der Waals surface area contributed by atoms with E-state index in [1.807, 2.05) is 6.07 Å². The van der Waals surface area contributed by atoms with E-state index in [9.17, 15) is 9.59 Å². The first-order valence-electron chi connectivity index (χ1n) is 6.51. The van der Waals surface area contributed by atoms with Gasteiger partial charge in [0.1, 0.15) is 5.69 Å². The average molecular weight is 333 g/mol. The van der Waals surface area contributed by atoms with Crippen LogP contribution in [0.4, 0.5) is 0 Å². The highest BCUT2D eigenvalue weighted by Gasteiger charge is 2.13. The molecule has 0 aliphatic heterocycles. The summed E-state index contributed by atoms with van der Waals surface area (Å²) in [5.41, 5.74) is 1.26. The molecule has 0 unspecified atom stereocenters. The third kappa shape index (κ3) is 2.89. The Hall–Kier alpha value is -2.17. The van der Waals surface area contributed by atoms with Crippen LogP contribution in [-0.2, 0) is 6.42 Å². The summed E-state index contributed by atoms with van der Waals surface area (Å²) in [6.45, 7) is 0. The van der Waals surface area contributed by atoms with Gasteiger partial charge < -0.3 is 4.98 Å². The highest BCUT2D eigenvalue weighted by molar-refractivity contribution is 6.42. The summed E-state index contributed by atoms with van der Waals surface area (Å²) >= 11 is 11.9. The van der Waals surface area contributed by atoms with E-state index in [0.717, 1.165) is 0 Å². The fourth-order valence-corrected chi connectivity index (χ4v) is 2.44. The van der Waals surface area contributed by atoms with Crippen LogP contribution in [0, 0.1) is 0 Å². The van der Waals surface area contributed by atoms with Gasteiger partial charge in [-0.25, -0.2) is 4.98 Å². The second kappa shape index (κ2) is 5.91. The minimum absolute atomic E-state index is 0.0739. The first-order valence-corrected chi connectivity index (χ1v) is 7.26. The topological polar surface area (TPSA) is 62.8 Å². The molecule has 0 fully saturated rings. The van der Waals surface area contributed by atoms with Gasteiger partial charge >= 0.3 is 0 Å². The number of Topliss-reactive ketones (excluding diaryl/α,β-unsaturated/α-hetero) is 1. The monoisotopic (exact) mass is 332 g/mol. The molecule has 22 heavy (non-hydrogen) atoms. The van der Waals surface area contributed by atoms with Gasteiger partial charge in [0.25, 0.3) is 5.56 Å². The van der Waals surface area contributed by atoms with Crippen LogP contribution in [0.15, 0.2) is 47.3 Å². The Morgan fingerprint density at radius 2 is 1.77 bits per heavy atom. The number of carbonyl (C=O) groups is 1. The minimum atomic E-state index is -0.407. The Morgan fingerprint density at radius 1 is 1.09 bits per heavy atom. The number of benzene rings is 2. The molecule has 0 saturated carbocycles. The lowest BCUT2D eigenvalue weighted by Gasteiger charge is -2.04. The Bertz CT molecular complexity index is 921. The van der Waals surface area contributed by atoms with Crippen molar-refractivity contribution in [2.75, 3.05) is 0 Å². The van der Waals surface area contributed by atoms with Crippen molar-refractivity contribution >= 4 is 40.0 Å². The molecule has 0 amide bonds. The van der Waals surface area contributed by atoms with Crippen molar-refractivity contribution in [1.82, 2.24) is 9.97 Å². The van der Waals surface area contributed by atoms with Gasteiger partial charge in [0.15, 0.2) is 5.78 Å². The molecule has 3 rings (SSSR count). The van der Waals surface area contributed by atoms with E-state index < -0.39 is 5.56 Å². The predicted octanol–water partition coefficient (Wildman–Crippen LogP) is 3.66. The third-order valence-electron chi connectivity index (χ3n) is 3.23. The quantitative estimate of drug-likeness (QED) is 0.744. The molecular weight excluding hydrogens is 323 g/mol. The zero-order chi connectivity index (χ0) is 15.7. The summed E-state index contributed by atoms with van der Waals surface area (Å²) in [7, 11) is 0. The molecular formula is C16H10Cl2N2O2. The predicted molar refractivity (Wildman–Crippen MR) is 86.9 cm³/mol. The molecule has 3 aromatic rings.